The molecule has 3 rings (SSSR count). The minimum atomic E-state index is -0.535. The number of aromatic nitrogens is 1. The lowest BCUT2D eigenvalue weighted by atomic mass is 10.1. The van der Waals surface area contributed by atoms with Crippen molar-refractivity contribution >= 4 is 5.91 Å². The van der Waals surface area contributed by atoms with Crippen molar-refractivity contribution in [3.63, 3.8) is 0 Å². The number of pyridine rings is 1. The number of hydrogen-bond acceptors (Lipinski definition) is 3. The fraction of sp³-hybridized carbons (Fsp3) is 0.294. The van der Waals surface area contributed by atoms with Gasteiger partial charge in [0.2, 0.25) is 5.91 Å². The van der Waals surface area contributed by atoms with Gasteiger partial charge in [0.1, 0.15) is 0 Å². The molecule has 0 radical (unpaired) electrons. The molecule has 0 fully saturated rings. The molecule has 108 valence electrons. The fourth-order valence-electron chi connectivity index (χ4n) is 2.80. The fourth-order valence-corrected chi connectivity index (χ4v) is 2.80. The SMILES string of the molecule is O=C(CCc1ccncc1)N[C@@H]1c2ccccc2C[C@@H]1O. The van der Waals surface area contributed by atoms with E-state index < -0.39 is 6.10 Å². The highest BCUT2D eigenvalue weighted by molar-refractivity contribution is 5.77. The minimum Gasteiger partial charge on any atom is -0.390 e. The molecule has 1 aromatic carbocycles. The molecular formula is C17H18N2O2. The summed E-state index contributed by atoms with van der Waals surface area (Å²) in [5, 5.41) is 13.1. The van der Waals surface area contributed by atoms with Gasteiger partial charge in [-0.2, -0.15) is 0 Å². The number of rotatable bonds is 4. The third-order valence-corrected chi connectivity index (χ3v) is 3.91. The van der Waals surface area contributed by atoms with Gasteiger partial charge in [-0.05, 0) is 35.2 Å². The Morgan fingerprint density at radius 1 is 1.24 bits per heavy atom. The van der Waals surface area contributed by atoms with E-state index in [1.165, 1.54) is 0 Å². The first-order valence-electron chi connectivity index (χ1n) is 7.18. The zero-order valence-electron chi connectivity index (χ0n) is 11.7. The smallest absolute Gasteiger partial charge is 0.220 e. The monoisotopic (exact) mass is 282 g/mol. The summed E-state index contributed by atoms with van der Waals surface area (Å²) in [6.45, 7) is 0. The lowest BCUT2D eigenvalue weighted by Crippen LogP contribution is -2.33. The van der Waals surface area contributed by atoms with Crippen LogP contribution < -0.4 is 5.32 Å². The van der Waals surface area contributed by atoms with Crippen molar-refractivity contribution in [2.45, 2.75) is 31.4 Å². The lowest BCUT2D eigenvalue weighted by molar-refractivity contribution is -0.122. The Bertz CT molecular complexity index is 628. The number of nitrogens with one attached hydrogen (secondary N) is 1. The number of carbonyl (C=O) groups is 1. The van der Waals surface area contributed by atoms with Crippen LogP contribution in [0.2, 0.25) is 0 Å². The minimum absolute atomic E-state index is 0.0347. The van der Waals surface area contributed by atoms with E-state index >= 15 is 0 Å². The molecule has 0 saturated heterocycles. The Labute approximate surface area is 123 Å². The highest BCUT2D eigenvalue weighted by Crippen LogP contribution is 2.31. The lowest BCUT2D eigenvalue weighted by Gasteiger charge is -2.18. The second kappa shape index (κ2) is 6.06. The summed E-state index contributed by atoms with van der Waals surface area (Å²) in [4.78, 5) is 16.0. The molecule has 0 aliphatic heterocycles. The molecular weight excluding hydrogens is 264 g/mol. The predicted octanol–water partition coefficient (Wildman–Crippen LogP) is 1.79. The molecule has 2 atom stereocenters. The second-order valence-electron chi connectivity index (χ2n) is 5.37. The Morgan fingerprint density at radius 2 is 2.00 bits per heavy atom. The summed E-state index contributed by atoms with van der Waals surface area (Å²) < 4.78 is 0. The molecule has 1 heterocycles. The molecule has 4 heteroatoms. The molecule has 1 aromatic heterocycles. The normalized spacial score (nSPS) is 20.0. The molecule has 1 aliphatic rings. The van der Waals surface area contributed by atoms with Crippen molar-refractivity contribution in [3.05, 3.63) is 65.5 Å². The van der Waals surface area contributed by atoms with Gasteiger partial charge in [0, 0.05) is 25.2 Å². The van der Waals surface area contributed by atoms with Crippen LogP contribution in [0, 0.1) is 0 Å². The first-order valence-corrected chi connectivity index (χ1v) is 7.18. The highest BCUT2D eigenvalue weighted by Gasteiger charge is 2.31. The third-order valence-electron chi connectivity index (χ3n) is 3.91. The largest absolute Gasteiger partial charge is 0.390 e. The Morgan fingerprint density at radius 3 is 2.81 bits per heavy atom. The predicted molar refractivity (Wildman–Crippen MR) is 79.6 cm³/mol. The average Bonchev–Trinajstić information content (AvgIpc) is 2.82. The number of aryl methyl sites for hydroxylation is 1. The topological polar surface area (TPSA) is 62.2 Å². The number of hydrogen-bond donors (Lipinski definition) is 2. The van der Waals surface area contributed by atoms with Gasteiger partial charge in [-0.15, -0.1) is 0 Å². The molecule has 21 heavy (non-hydrogen) atoms. The number of carbonyl (C=O) groups excluding carboxylic acids is 1. The quantitative estimate of drug-likeness (QED) is 0.898. The average molecular weight is 282 g/mol. The maximum atomic E-state index is 12.1. The van der Waals surface area contributed by atoms with Crippen LogP contribution in [0.3, 0.4) is 0 Å². The number of amides is 1. The van der Waals surface area contributed by atoms with E-state index in [0.29, 0.717) is 19.3 Å². The van der Waals surface area contributed by atoms with Gasteiger partial charge >= 0.3 is 0 Å². The number of benzene rings is 1. The van der Waals surface area contributed by atoms with Gasteiger partial charge < -0.3 is 10.4 Å². The maximum absolute atomic E-state index is 12.1. The van der Waals surface area contributed by atoms with Crippen LogP contribution in [0.4, 0.5) is 0 Å². The van der Waals surface area contributed by atoms with Gasteiger partial charge in [0.25, 0.3) is 0 Å². The Balaban J connectivity index is 1.60. The van der Waals surface area contributed by atoms with Gasteiger partial charge in [0.15, 0.2) is 0 Å². The van der Waals surface area contributed by atoms with Crippen LogP contribution >= 0.6 is 0 Å². The summed E-state index contributed by atoms with van der Waals surface area (Å²) in [6.07, 6.45) is 4.61. The molecule has 0 spiro atoms. The van der Waals surface area contributed by atoms with Gasteiger partial charge in [0.05, 0.1) is 12.1 Å². The summed E-state index contributed by atoms with van der Waals surface area (Å²) in [5.74, 6) is -0.0347. The number of fused-ring (bicyclic) bond motifs is 1. The van der Waals surface area contributed by atoms with E-state index in [4.69, 9.17) is 0 Å². The molecule has 0 saturated carbocycles. The molecule has 0 unspecified atom stereocenters. The summed E-state index contributed by atoms with van der Waals surface area (Å²) in [5.41, 5.74) is 3.24. The summed E-state index contributed by atoms with van der Waals surface area (Å²) in [7, 11) is 0. The van der Waals surface area contributed by atoms with Crippen LogP contribution in [0.1, 0.15) is 29.2 Å². The second-order valence-corrected chi connectivity index (χ2v) is 5.37. The molecule has 2 N–H and O–H groups in total. The molecule has 0 bridgehead atoms. The molecule has 4 nitrogen and oxygen atoms in total. The zero-order chi connectivity index (χ0) is 14.7. The van der Waals surface area contributed by atoms with Crippen molar-refractivity contribution < 1.29 is 9.90 Å². The first kappa shape index (κ1) is 13.8. The van der Waals surface area contributed by atoms with E-state index in [1.54, 1.807) is 12.4 Å². The van der Waals surface area contributed by atoms with E-state index in [0.717, 1.165) is 16.7 Å². The van der Waals surface area contributed by atoms with Crippen LogP contribution in [-0.2, 0) is 17.6 Å². The van der Waals surface area contributed by atoms with E-state index in [2.05, 4.69) is 10.3 Å². The van der Waals surface area contributed by atoms with E-state index in [-0.39, 0.29) is 11.9 Å². The van der Waals surface area contributed by atoms with Crippen molar-refractivity contribution in [1.29, 1.82) is 0 Å². The van der Waals surface area contributed by atoms with Crippen LogP contribution in [0.15, 0.2) is 48.8 Å². The third kappa shape index (κ3) is 3.11. The van der Waals surface area contributed by atoms with Crippen LogP contribution in [0.25, 0.3) is 0 Å². The Kier molecular flexibility index (Phi) is 3.97. The van der Waals surface area contributed by atoms with Crippen molar-refractivity contribution in [2.75, 3.05) is 0 Å². The van der Waals surface area contributed by atoms with Crippen molar-refractivity contribution in [3.8, 4) is 0 Å². The van der Waals surface area contributed by atoms with Crippen molar-refractivity contribution in [1.82, 2.24) is 10.3 Å². The summed E-state index contributed by atoms with van der Waals surface area (Å²) in [6, 6.07) is 11.4. The highest BCUT2D eigenvalue weighted by atomic mass is 16.3. The summed E-state index contributed by atoms with van der Waals surface area (Å²) >= 11 is 0. The number of aliphatic hydroxyl groups is 1. The number of nitrogens with zero attached hydrogens (tertiary/aromatic N) is 1. The van der Waals surface area contributed by atoms with Crippen LogP contribution in [-0.4, -0.2) is 22.1 Å². The zero-order valence-corrected chi connectivity index (χ0v) is 11.7. The first-order chi connectivity index (χ1) is 10.2. The Hall–Kier alpha value is -2.20. The van der Waals surface area contributed by atoms with Gasteiger partial charge in [-0.25, -0.2) is 0 Å². The van der Waals surface area contributed by atoms with Gasteiger partial charge in [-0.3, -0.25) is 9.78 Å². The molecule has 2 aromatic rings. The van der Waals surface area contributed by atoms with Crippen molar-refractivity contribution in [2.24, 2.45) is 0 Å². The van der Waals surface area contributed by atoms with Gasteiger partial charge in [-0.1, -0.05) is 24.3 Å². The molecule has 1 amide bonds. The number of aliphatic hydroxyl groups excluding tert-OH is 1. The maximum Gasteiger partial charge on any atom is 0.220 e. The van der Waals surface area contributed by atoms with E-state index in [1.807, 2.05) is 36.4 Å². The van der Waals surface area contributed by atoms with E-state index in [9.17, 15) is 9.90 Å². The standard InChI is InChI=1S/C17H18N2O2/c20-15-11-13-3-1-2-4-14(13)17(15)19-16(21)6-5-12-7-9-18-10-8-12/h1-4,7-10,15,17,20H,5-6,11H2,(H,19,21)/t15-,17+/m0/s1. The van der Waals surface area contributed by atoms with Crippen LogP contribution in [0.5, 0.6) is 0 Å². The molecule has 1 aliphatic carbocycles.